The maximum Gasteiger partial charge on any atom is 0.265 e. The van der Waals surface area contributed by atoms with Crippen LogP contribution in [0.5, 0.6) is 0 Å². The summed E-state index contributed by atoms with van der Waals surface area (Å²) in [7, 11) is 0. The van der Waals surface area contributed by atoms with E-state index in [1.165, 1.54) is 6.19 Å². The van der Waals surface area contributed by atoms with Crippen LogP contribution in [0.3, 0.4) is 0 Å². The normalized spacial score (nSPS) is 9.00. The van der Waals surface area contributed by atoms with Crippen molar-refractivity contribution in [3.05, 3.63) is 33.3 Å². The number of rotatable bonds is 1. The average molecular weight is 259 g/mol. The van der Waals surface area contributed by atoms with Crippen LogP contribution in [0.4, 0.5) is 0 Å². The number of halogens is 2. The highest BCUT2D eigenvalue weighted by Crippen LogP contribution is 2.25. The van der Waals surface area contributed by atoms with Crippen molar-refractivity contribution in [2.45, 2.75) is 0 Å². The summed E-state index contributed by atoms with van der Waals surface area (Å²) in [5.74, 6) is -0.506. The van der Waals surface area contributed by atoms with E-state index in [9.17, 15) is 4.79 Å². The summed E-state index contributed by atoms with van der Waals surface area (Å²) < 4.78 is 0.625. The Balaban J connectivity index is 3.09. The van der Waals surface area contributed by atoms with Crippen molar-refractivity contribution >= 4 is 33.4 Å². The van der Waals surface area contributed by atoms with E-state index < -0.39 is 5.91 Å². The van der Waals surface area contributed by atoms with Crippen LogP contribution in [0.2, 0.25) is 5.02 Å². The van der Waals surface area contributed by atoms with Crippen LogP contribution < -0.4 is 5.32 Å². The molecule has 0 saturated heterocycles. The van der Waals surface area contributed by atoms with E-state index in [0.29, 0.717) is 9.50 Å². The Morgan fingerprint density at radius 3 is 2.92 bits per heavy atom. The van der Waals surface area contributed by atoms with Gasteiger partial charge in [0, 0.05) is 4.47 Å². The van der Waals surface area contributed by atoms with Gasteiger partial charge in [0.25, 0.3) is 5.91 Å². The SMILES string of the molecule is N#CNC(=O)c1cccc(Br)c1Cl. The lowest BCUT2D eigenvalue weighted by molar-refractivity contribution is 0.0973. The lowest BCUT2D eigenvalue weighted by Crippen LogP contribution is -2.17. The molecule has 0 aromatic heterocycles. The van der Waals surface area contributed by atoms with Crippen molar-refractivity contribution in [1.29, 1.82) is 5.26 Å². The van der Waals surface area contributed by atoms with E-state index in [2.05, 4.69) is 15.9 Å². The first-order chi connectivity index (χ1) is 6.16. The van der Waals surface area contributed by atoms with Gasteiger partial charge in [0.1, 0.15) is 0 Å². The van der Waals surface area contributed by atoms with Gasteiger partial charge in [-0.3, -0.25) is 10.1 Å². The van der Waals surface area contributed by atoms with Gasteiger partial charge in [-0.05, 0) is 28.1 Å². The highest BCUT2D eigenvalue weighted by atomic mass is 79.9. The maximum atomic E-state index is 11.2. The van der Waals surface area contributed by atoms with E-state index in [1.54, 1.807) is 18.2 Å². The van der Waals surface area contributed by atoms with Crippen molar-refractivity contribution in [3.63, 3.8) is 0 Å². The molecule has 0 aliphatic rings. The zero-order valence-electron chi connectivity index (χ0n) is 6.34. The minimum atomic E-state index is -0.506. The molecule has 1 rings (SSSR count). The molecule has 0 radical (unpaired) electrons. The third kappa shape index (κ3) is 2.20. The lowest BCUT2D eigenvalue weighted by Gasteiger charge is -2.01. The third-order valence-electron chi connectivity index (χ3n) is 1.37. The van der Waals surface area contributed by atoms with Gasteiger partial charge >= 0.3 is 0 Å². The van der Waals surface area contributed by atoms with E-state index in [1.807, 2.05) is 5.32 Å². The largest absolute Gasteiger partial charge is 0.268 e. The molecule has 1 aromatic carbocycles. The molecule has 0 aliphatic heterocycles. The fourth-order valence-corrected chi connectivity index (χ4v) is 1.38. The Morgan fingerprint density at radius 2 is 2.31 bits per heavy atom. The molecule has 0 atom stereocenters. The molecule has 5 heteroatoms. The molecule has 1 N–H and O–H groups in total. The Bertz CT molecular complexity index is 386. The van der Waals surface area contributed by atoms with Gasteiger partial charge in [-0.25, -0.2) is 0 Å². The molecule has 13 heavy (non-hydrogen) atoms. The van der Waals surface area contributed by atoms with Crippen LogP contribution >= 0.6 is 27.5 Å². The zero-order valence-corrected chi connectivity index (χ0v) is 8.69. The number of carbonyl (C=O) groups is 1. The fourth-order valence-electron chi connectivity index (χ4n) is 0.797. The Kier molecular flexibility index (Phi) is 3.29. The number of hydrogen-bond acceptors (Lipinski definition) is 2. The molecular formula is C8H4BrClN2O. The van der Waals surface area contributed by atoms with Crippen molar-refractivity contribution in [3.8, 4) is 6.19 Å². The number of benzene rings is 1. The second-order valence-corrected chi connectivity index (χ2v) is 3.40. The van der Waals surface area contributed by atoms with Crippen LogP contribution in [0, 0.1) is 11.5 Å². The first kappa shape index (κ1) is 10.0. The van der Waals surface area contributed by atoms with Crippen LogP contribution in [-0.4, -0.2) is 5.91 Å². The summed E-state index contributed by atoms with van der Waals surface area (Å²) in [4.78, 5) is 11.2. The predicted octanol–water partition coefficient (Wildman–Crippen LogP) is 2.31. The minimum Gasteiger partial charge on any atom is -0.268 e. The van der Waals surface area contributed by atoms with Gasteiger partial charge in [0.2, 0.25) is 0 Å². The fraction of sp³-hybridized carbons (Fsp3) is 0. The minimum absolute atomic E-state index is 0.276. The van der Waals surface area contributed by atoms with Crippen LogP contribution in [0.25, 0.3) is 0 Å². The summed E-state index contributed by atoms with van der Waals surface area (Å²) >= 11 is 8.98. The second-order valence-electron chi connectivity index (χ2n) is 2.17. The molecule has 0 unspecified atom stereocenters. The van der Waals surface area contributed by atoms with Gasteiger partial charge in [0.15, 0.2) is 6.19 Å². The van der Waals surface area contributed by atoms with Crippen molar-refractivity contribution in [2.24, 2.45) is 0 Å². The summed E-state index contributed by atoms with van der Waals surface area (Å²) in [6, 6.07) is 4.92. The Hall–Kier alpha value is -1.05. The maximum absolute atomic E-state index is 11.2. The Morgan fingerprint density at radius 1 is 1.62 bits per heavy atom. The molecule has 0 aliphatic carbocycles. The monoisotopic (exact) mass is 258 g/mol. The standard InChI is InChI=1S/C8H4BrClN2O/c9-6-3-1-2-5(7(6)10)8(13)12-4-11/h1-3H,(H,12,13). The number of nitrogens with one attached hydrogen (secondary N) is 1. The number of amides is 1. The number of carbonyl (C=O) groups excluding carboxylic acids is 1. The van der Waals surface area contributed by atoms with Crippen molar-refractivity contribution < 1.29 is 4.79 Å². The molecule has 0 heterocycles. The summed E-state index contributed by atoms with van der Waals surface area (Å²) in [6.07, 6.45) is 1.54. The predicted molar refractivity (Wildman–Crippen MR) is 52.2 cm³/mol. The highest BCUT2D eigenvalue weighted by Gasteiger charge is 2.10. The Labute approximate surface area is 88.4 Å². The van der Waals surface area contributed by atoms with Gasteiger partial charge in [-0.2, -0.15) is 5.26 Å². The van der Waals surface area contributed by atoms with Crippen LogP contribution in [0.15, 0.2) is 22.7 Å². The molecule has 0 spiro atoms. The summed E-state index contributed by atoms with van der Waals surface area (Å²) in [6.45, 7) is 0. The number of nitriles is 1. The highest BCUT2D eigenvalue weighted by molar-refractivity contribution is 9.10. The van der Waals surface area contributed by atoms with Gasteiger partial charge in [-0.15, -0.1) is 0 Å². The van der Waals surface area contributed by atoms with Gasteiger partial charge < -0.3 is 0 Å². The first-order valence-electron chi connectivity index (χ1n) is 3.30. The van der Waals surface area contributed by atoms with Crippen LogP contribution in [0.1, 0.15) is 10.4 Å². The quantitative estimate of drug-likeness (QED) is 0.621. The molecule has 66 valence electrons. The number of hydrogen-bond donors (Lipinski definition) is 1. The molecule has 0 bridgehead atoms. The third-order valence-corrected chi connectivity index (χ3v) is 2.66. The van der Waals surface area contributed by atoms with Crippen molar-refractivity contribution in [2.75, 3.05) is 0 Å². The van der Waals surface area contributed by atoms with Gasteiger partial charge in [-0.1, -0.05) is 17.7 Å². The van der Waals surface area contributed by atoms with E-state index >= 15 is 0 Å². The molecular weight excluding hydrogens is 255 g/mol. The van der Waals surface area contributed by atoms with E-state index in [4.69, 9.17) is 16.9 Å². The number of nitrogens with zero attached hydrogens (tertiary/aromatic N) is 1. The van der Waals surface area contributed by atoms with Gasteiger partial charge in [0.05, 0.1) is 10.6 Å². The summed E-state index contributed by atoms with van der Waals surface area (Å²) in [5.41, 5.74) is 0.276. The van der Waals surface area contributed by atoms with Crippen LogP contribution in [-0.2, 0) is 0 Å². The zero-order chi connectivity index (χ0) is 9.84. The molecule has 0 saturated carbocycles. The van der Waals surface area contributed by atoms with Crippen molar-refractivity contribution in [1.82, 2.24) is 5.32 Å². The van der Waals surface area contributed by atoms with E-state index in [-0.39, 0.29) is 5.56 Å². The van der Waals surface area contributed by atoms with E-state index in [0.717, 1.165) is 0 Å². The first-order valence-corrected chi connectivity index (χ1v) is 4.47. The molecule has 3 nitrogen and oxygen atoms in total. The lowest BCUT2D eigenvalue weighted by atomic mass is 10.2. The average Bonchev–Trinajstić information content (AvgIpc) is 2.10. The topological polar surface area (TPSA) is 52.9 Å². The molecule has 1 aromatic rings. The second kappa shape index (κ2) is 4.26. The molecule has 0 fully saturated rings. The molecule has 1 amide bonds. The summed E-state index contributed by atoms with van der Waals surface area (Å²) in [5, 5.41) is 10.5. The smallest absolute Gasteiger partial charge is 0.265 e.